The van der Waals surface area contributed by atoms with Crippen LogP contribution in [-0.2, 0) is 22.4 Å². The highest BCUT2D eigenvalue weighted by atomic mass is 16.2. The first-order valence-electron chi connectivity index (χ1n) is 8.45. The Bertz CT molecular complexity index is 562. The van der Waals surface area contributed by atoms with Gasteiger partial charge in [0, 0.05) is 25.4 Å². The first-order chi connectivity index (χ1) is 11.1. The average molecular weight is 318 g/mol. The van der Waals surface area contributed by atoms with Crippen molar-refractivity contribution in [3.63, 3.8) is 0 Å². The zero-order valence-corrected chi connectivity index (χ0v) is 15.3. The minimum atomic E-state index is -0.530. The van der Waals surface area contributed by atoms with E-state index in [0.717, 1.165) is 18.5 Å². The molecule has 4 nitrogen and oxygen atoms in total. The number of carbonyl (C=O) groups is 2. The highest BCUT2D eigenvalue weighted by molar-refractivity contribution is 6.43. The zero-order valence-electron chi connectivity index (χ0n) is 15.3. The number of benzene rings is 1. The van der Waals surface area contributed by atoms with Gasteiger partial charge in [0.25, 0.3) is 0 Å². The molecule has 1 aliphatic rings. The number of ketones is 2. The van der Waals surface area contributed by atoms with Gasteiger partial charge >= 0.3 is 0 Å². The molecule has 0 unspecified atom stereocenters. The third-order valence-electron chi connectivity index (χ3n) is 3.45. The van der Waals surface area contributed by atoms with E-state index in [1.807, 2.05) is 32.6 Å². The Morgan fingerprint density at radius 3 is 2.30 bits per heavy atom. The number of fused-ring (bicyclic) bond motifs is 1. The maximum absolute atomic E-state index is 11.9. The minimum absolute atomic E-state index is 0.277. The van der Waals surface area contributed by atoms with Crippen LogP contribution in [0.5, 0.6) is 0 Å². The summed E-state index contributed by atoms with van der Waals surface area (Å²) in [5.74, 6) is -1.02. The fourth-order valence-corrected chi connectivity index (χ4v) is 2.36. The molecule has 0 saturated heterocycles. The lowest BCUT2D eigenvalue weighted by molar-refractivity contribution is -0.133. The lowest BCUT2D eigenvalue weighted by atomic mass is 10.1. The van der Waals surface area contributed by atoms with E-state index >= 15 is 0 Å². The Hall–Kier alpha value is -2.10. The van der Waals surface area contributed by atoms with Gasteiger partial charge in [-0.3, -0.25) is 9.59 Å². The van der Waals surface area contributed by atoms with Crippen LogP contribution < -0.4 is 10.6 Å². The first kappa shape index (κ1) is 20.9. The van der Waals surface area contributed by atoms with Crippen molar-refractivity contribution in [1.29, 1.82) is 0 Å². The van der Waals surface area contributed by atoms with Crippen molar-refractivity contribution in [3.05, 3.63) is 41.2 Å². The van der Waals surface area contributed by atoms with Crippen LogP contribution >= 0.6 is 0 Å². The second-order valence-electron chi connectivity index (χ2n) is 4.66. The van der Waals surface area contributed by atoms with Crippen molar-refractivity contribution in [1.82, 2.24) is 0 Å². The fraction of sp³-hybridized carbons (Fsp3) is 0.474. The second kappa shape index (κ2) is 10.6. The topological polar surface area (TPSA) is 63.4 Å². The Kier molecular flexibility index (Phi) is 9.63. The Morgan fingerprint density at radius 1 is 1.22 bits per heavy atom. The number of allylic oxidation sites excluding steroid dienone is 1. The van der Waals surface area contributed by atoms with E-state index in [2.05, 4.69) is 25.1 Å². The summed E-state index contributed by atoms with van der Waals surface area (Å²) in [6.07, 6.45) is 3.03. The standard InChI is InChI=1S/C15H18N2O2.2C2H6/c1-3-11-4-5-12-6-7-17(13(12)8-11)14(9-16)15(19)10(2)18;2*1-2/h4-5,8-9H,3,6-7,16H2,1-2H3;2*1-2H3/b14-9-;;. The molecule has 1 aromatic carbocycles. The summed E-state index contributed by atoms with van der Waals surface area (Å²) in [7, 11) is 0. The van der Waals surface area contributed by atoms with E-state index in [0.29, 0.717) is 6.54 Å². The smallest absolute Gasteiger partial charge is 0.246 e. The van der Waals surface area contributed by atoms with E-state index in [1.54, 1.807) is 0 Å². The summed E-state index contributed by atoms with van der Waals surface area (Å²) < 4.78 is 0. The van der Waals surface area contributed by atoms with Gasteiger partial charge in [0.1, 0.15) is 5.70 Å². The third-order valence-corrected chi connectivity index (χ3v) is 3.45. The molecule has 2 rings (SSSR count). The monoisotopic (exact) mass is 318 g/mol. The Labute approximate surface area is 140 Å². The Morgan fingerprint density at radius 2 is 1.83 bits per heavy atom. The summed E-state index contributed by atoms with van der Waals surface area (Å²) in [4.78, 5) is 25.0. The molecule has 1 aromatic rings. The van der Waals surface area contributed by atoms with Gasteiger partial charge in [0.15, 0.2) is 0 Å². The molecule has 23 heavy (non-hydrogen) atoms. The second-order valence-corrected chi connectivity index (χ2v) is 4.66. The summed E-state index contributed by atoms with van der Waals surface area (Å²) in [6.45, 7) is 12.0. The molecule has 0 aromatic heterocycles. The molecule has 1 heterocycles. The lowest BCUT2D eigenvalue weighted by Gasteiger charge is -2.21. The van der Waals surface area contributed by atoms with Gasteiger partial charge in [-0.1, -0.05) is 46.8 Å². The SMILES string of the molecule is CC.CC.CCc1ccc2c(c1)N(/C(=C\N)C(=O)C(C)=O)CC2. The van der Waals surface area contributed by atoms with Gasteiger partial charge in [-0.05, 0) is 30.0 Å². The summed E-state index contributed by atoms with van der Waals surface area (Å²) >= 11 is 0. The van der Waals surface area contributed by atoms with Crippen molar-refractivity contribution in [3.8, 4) is 0 Å². The molecule has 0 radical (unpaired) electrons. The molecule has 1 aliphatic heterocycles. The molecule has 4 heteroatoms. The van der Waals surface area contributed by atoms with Gasteiger partial charge in [-0.25, -0.2) is 0 Å². The summed E-state index contributed by atoms with van der Waals surface area (Å²) in [6, 6.07) is 6.25. The van der Waals surface area contributed by atoms with Gasteiger partial charge in [-0.15, -0.1) is 0 Å². The van der Waals surface area contributed by atoms with Crippen LogP contribution in [0.1, 0.15) is 52.7 Å². The number of nitrogens with zero attached hydrogens (tertiary/aromatic N) is 1. The van der Waals surface area contributed by atoms with E-state index < -0.39 is 11.6 Å². The van der Waals surface area contributed by atoms with Crippen molar-refractivity contribution in [2.24, 2.45) is 5.73 Å². The van der Waals surface area contributed by atoms with Gasteiger partial charge in [0.05, 0.1) is 0 Å². The Balaban J connectivity index is 0.00000112. The molecule has 0 bridgehead atoms. The highest BCUT2D eigenvalue weighted by Crippen LogP contribution is 2.32. The van der Waals surface area contributed by atoms with Crippen molar-refractivity contribution in [2.45, 2.75) is 54.4 Å². The predicted octanol–water partition coefficient (Wildman–Crippen LogP) is 3.62. The van der Waals surface area contributed by atoms with Crippen LogP contribution in [-0.4, -0.2) is 18.1 Å². The quantitative estimate of drug-likeness (QED) is 0.680. The van der Waals surface area contributed by atoms with Crippen molar-refractivity contribution < 1.29 is 9.59 Å². The highest BCUT2D eigenvalue weighted by Gasteiger charge is 2.27. The largest absolute Gasteiger partial charge is 0.403 e. The zero-order chi connectivity index (χ0) is 18.0. The number of hydrogen-bond donors (Lipinski definition) is 1. The van der Waals surface area contributed by atoms with Crippen LogP contribution in [0.4, 0.5) is 5.69 Å². The van der Waals surface area contributed by atoms with E-state index in [4.69, 9.17) is 5.73 Å². The number of anilines is 1. The number of aryl methyl sites for hydroxylation is 1. The molecule has 2 N–H and O–H groups in total. The van der Waals surface area contributed by atoms with E-state index in [-0.39, 0.29) is 5.70 Å². The van der Waals surface area contributed by atoms with Gasteiger partial charge in [-0.2, -0.15) is 0 Å². The molecule has 0 saturated carbocycles. The number of hydrogen-bond acceptors (Lipinski definition) is 4. The van der Waals surface area contributed by atoms with Crippen molar-refractivity contribution >= 4 is 17.3 Å². The van der Waals surface area contributed by atoms with Gasteiger partial charge < -0.3 is 10.6 Å². The van der Waals surface area contributed by atoms with Gasteiger partial charge in [0.2, 0.25) is 11.6 Å². The average Bonchev–Trinajstić information content (AvgIpc) is 3.02. The number of rotatable bonds is 4. The third kappa shape index (κ3) is 4.95. The molecular weight excluding hydrogens is 288 g/mol. The maximum atomic E-state index is 11.9. The molecule has 0 atom stereocenters. The van der Waals surface area contributed by atoms with E-state index in [9.17, 15) is 9.59 Å². The molecule has 128 valence electrons. The lowest BCUT2D eigenvalue weighted by Crippen LogP contribution is -2.30. The van der Waals surface area contributed by atoms with E-state index in [1.165, 1.54) is 24.3 Å². The van der Waals surface area contributed by atoms with Crippen LogP contribution in [0.2, 0.25) is 0 Å². The van der Waals surface area contributed by atoms with Crippen LogP contribution in [0.15, 0.2) is 30.1 Å². The molecule has 0 aliphatic carbocycles. The van der Waals surface area contributed by atoms with Crippen LogP contribution in [0.3, 0.4) is 0 Å². The molecule has 0 fully saturated rings. The number of nitrogens with two attached hydrogens (primary N) is 1. The molecular formula is C19H30N2O2. The van der Waals surface area contributed by atoms with Crippen LogP contribution in [0.25, 0.3) is 0 Å². The predicted molar refractivity (Wildman–Crippen MR) is 97.5 cm³/mol. The molecule has 0 spiro atoms. The maximum Gasteiger partial charge on any atom is 0.246 e. The fourth-order valence-electron chi connectivity index (χ4n) is 2.36. The molecule has 0 amide bonds. The number of Topliss-reactive ketones (excluding diaryl/α,β-unsaturated/α-hetero) is 2. The first-order valence-corrected chi connectivity index (χ1v) is 8.45. The minimum Gasteiger partial charge on any atom is -0.403 e. The summed E-state index contributed by atoms with van der Waals surface area (Å²) in [5.41, 5.74) is 9.20. The van der Waals surface area contributed by atoms with Crippen molar-refractivity contribution in [2.75, 3.05) is 11.4 Å². The summed E-state index contributed by atoms with van der Waals surface area (Å²) in [5, 5.41) is 0. The van der Waals surface area contributed by atoms with Crippen LogP contribution in [0, 0.1) is 0 Å². The normalized spacial score (nSPS) is 12.4. The number of carbonyl (C=O) groups excluding carboxylic acids is 2.